The summed E-state index contributed by atoms with van der Waals surface area (Å²) in [6.45, 7) is 0. The monoisotopic (exact) mass is 488 g/mol. The molecule has 0 fully saturated rings. The van der Waals surface area contributed by atoms with Crippen LogP contribution in [0.2, 0.25) is 5.02 Å². The topological polar surface area (TPSA) is 96.0 Å². The summed E-state index contributed by atoms with van der Waals surface area (Å²) in [6, 6.07) is 19.4. The van der Waals surface area contributed by atoms with Crippen molar-refractivity contribution in [3.05, 3.63) is 104 Å². The molecule has 0 aliphatic heterocycles. The number of hydrogen-bond acceptors (Lipinski definition) is 7. The van der Waals surface area contributed by atoms with Crippen LogP contribution in [0, 0.1) is 0 Å². The number of hydrogen-bond donors (Lipinski definition) is 0. The Labute approximate surface area is 203 Å². The summed E-state index contributed by atoms with van der Waals surface area (Å²) < 4.78 is 21.3. The molecule has 0 bridgehead atoms. The van der Waals surface area contributed by atoms with Crippen molar-refractivity contribution in [1.29, 1.82) is 0 Å². The van der Waals surface area contributed by atoms with Crippen molar-refractivity contribution in [3.8, 4) is 22.6 Å². The molecule has 0 saturated heterocycles. The molecule has 0 atom stereocenters. The van der Waals surface area contributed by atoms with Crippen molar-refractivity contribution < 1.29 is 23.1 Å². The maximum absolute atomic E-state index is 12.7. The number of rotatable bonds is 5. The molecule has 7 nitrogen and oxygen atoms in total. The zero-order chi connectivity index (χ0) is 24.5. The van der Waals surface area contributed by atoms with Crippen LogP contribution in [-0.4, -0.2) is 13.1 Å². The molecule has 2 aromatic heterocycles. The van der Waals surface area contributed by atoms with Crippen molar-refractivity contribution in [2.24, 2.45) is 0 Å². The van der Waals surface area contributed by atoms with Crippen LogP contribution >= 0.6 is 11.6 Å². The highest BCUT2D eigenvalue weighted by Crippen LogP contribution is 2.30. The van der Waals surface area contributed by atoms with Gasteiger partial charge in [-0.05, 0) is 54.1 Å². The Hall–Kier alpha value is -4.36. The molecule has 0 spiro atoms. The maximum atomic E-state index is 12.7. The van der Waals surface area contributed by atoms with Gasteiger partial charge in [-0.3, -0.25) is 4.79 Å². The number of carbonyl (C=O) groups excluding carboxylic acids is 1. The third-order valence-corrected chi connectivity index (χ3v) is 5.67. The number of ether oxygens (including phenoxy) is 2. The number of carbonyl (C=O) groups is 1. The second kappa shape index (κ2) is 9.12. The summed E-state index contributed by atoms with van der Waals surface area (Å²) >= 11 is 6.07. The van der Waals surface area contributed by atoms with Crippen molar-refractivity contribution in [2.45, 2.75) is 6.42 Å². The molecule has 8 heteroatoms. The van der Waals surface area contributed by atoms with E-state index in [1.54, 1.807) is 67.8 Å². The van der Waals surface area contributed by atoms with Gasteiger partial charge in [0.25, 0.3) is 0 Å². The molecule has 0 unspecified atom stereocenters. The van der Waals surface area contributed by atoms with E-state index < -0.39 is 17.2 Å². The molecule has 0 amide bonds. The number of halogens is 1. The standard InChI is InChI=1S/C27H17ClO7/c1-32-18-5-2-15(3-6-18)10-25(29)33-19-7-8-20-21(14-26(30)34-24(20)13-19)22-12-16-11-17(28)4-9-23(16)35-27(22)31/h2-9,11-14H,10H2,1H3. The lowest BCUT2D eigenvalue weighted by atomic mass is 10.0. The molecular formula is C27H17ClO7. The van der Waals surface area contributed by atoms with Gasteiger partial charge < -0.3 is 18.3 Å². The van der Waals surface area contributed by atoms with Crippen LogP contribution in [0.5, 0.6) is 11.5 Å². The summed E-state index contributed by atoms with van der Waals surface area (Å²) in [5.41, 5.74) is 0.536. The third kappa shape index (κ3) is 4.67. The van der Waals surface area contributed by atoms with Gasteiger partial charge in [-0.15, -0.1) is 0 Å². The Kier molecular flexibility index (Phi) is 5.84. The second-order valence-electron chi connectivity index (χ2n) is 7.77. The van der Waals surface area contributed by atoms with E-state index in [0.29, 0.717) is 32.7 Å². The van der Waals surface area contributed by atoms with Gasteiger partial charge in [0.1, 0.15) is 22.7 Å². The van der Waals surface area contributed by atoms with Gasteiger partial charge in [-0.2, -0.15) is 0 Å². The number of benzene rings is 3. The quantitative estimate of drug-likeness (QED) is 0.186. The van der Waals surface area contributed by atoms with Gasteiger partial charge in [0.15, 0.2) is 0 Å². The smallest absolute Gasteiger partial charge is 0.344 e. The molecule has 5 aromatic rings. The Morgan fingerprint density at radius 3 is 2.37 bits per heavy atom. The van der Waals surface area contributed by atoms with Gasteiger partial charge in [0.05, 0.1) is 19.1 Å². The van der Waals surface area contributed by atoms with Gasteiger partial charge in [0.2, 0.25) is 0 Å². The minimum atomic E-state index is -0.667. The van der Waals surface area contributed by atoms with E-state index in [4.69, 9.17) is 29.9 Å². The van der Waals surface area contributed by atoms with Crippen LogP contribution in [0.25, 0.3) is 33.1 Å². The largest absolute Gasteiger partial charge is 0.497 e. The van der Waals surface area contributed by atoms with Crippen LogP contribution in [0.1, 0.15) is 5.56 Å². The molecule has 2 heterocycles. The van der Waals surface area contributed by atoms with Crippen molar-refractivity contribution in [1.82, 2.24) is 0 Å². The molecular weight excluding hydrogens is 472 g/mol. The average Bonchev–Trinajstić information content (AvgIpc) is 2.83. The molecule has 3 aromatic carbocycles. The van der Waals surface area contributed by atoms with E-state index in [9.17, 15) is 14.4 Å². The molecule has 0 N–H and O–H groups in total. The fraction of sp³-hybridized carbons (Fsp3) is 0.0741. The van der Waals surface area contributed by atoms with E-state index in [1.165, 1.54) is 12.1 Å². The number of methoxy groups -OCH3 is 1. The Balaban J connectivity index is 1.48. The number of esters is 1. The van der Waals surface area contributed by atoms with E-state index in [2.05, 4.69) is 0 Å². The van der Waals surface area contributed by atoms with Gasteiger partial charge in [-0.1, -0.05) is 23.7 Å². The van der Waals surface area contributed by atoms with Crippen LogP contribution in [0.15, 0.2) is 91.2 Å². The maximum Gasteiger partial charge on any atom is 0.344 e. The predicted molar refractivity (Wildman–Crippen MR) is 131 cm³/mol. The van der Waals surface area contributed by atoms with Crippen molar-refractivity contribution in [3.63, 3.8) is 0 Å². The minimum Gasteiger partial charge on any atom is -0.497 e. The molecule has 0 aliphatic rings. The Morgan fingerprint density at radius 1 is 0.829 bits per heavy atom. The van der Waals surface area contributed by atoms with E-state index in [1.807, 2.05) is 0 Å². The first kappa shape index (κ1) is 22.4. The summed E-state index contributed by atoms with van der Waals surface area (Å²) in [5.74, 6) is 0.403. The molecule has 174 valence electrons. The summed E-state index contributed by atoms with van der Waals surface area (Å²) in [7, 11) is 1.56. The zero-order valence-electron chi connectivity index (χ0n) is 18.4. The fourth-order valence-corrected chi connectivity index (χ4v) is 3.97. The minimum absolute atomic E-state index is 0.0483. The Bertz CT molecular complexity index is 1700. The van der Waals surface area contributed by atoms with Crippen LogP contribution in [0.4, 0.5) is 0 Å². The third-order valence-electron chi connectivity index (χ3n) is 5.44. The zero-order valence-corrected chi connectivity index (χ0v) is 19.1. The molecule has 5 rings (SSSR count). The van der Waals surface area contributed by atoms with Gasteiger partial charge >= 0.3 is 17.2 Å². The second-order valence-corrected chi connectivity index (χ2v) is 8.20. The molecule has 0 radical (unpaired) electrons. The van der Waals surface area contributed by atoms with Crippen LogP contribution in [-0.2, 0) is 11.2 Å². The lowest BCUT2D eigenvalue weighted by molar-refractivity contribution is -0.133. The summed E-state index contributed by atoms with van der Waals surface area (Å²) in [5, 5.41) is 1.57. The SMILES string of the molecule is COc1ccc(CC(=O)Oc2ccc3c(-c4cc5cc(Cl)ccc5oc4=O)cc(=O)oc3c2)cc1. The molecule has 35 heavy (non-hydrogen) atoms. The van der Waals surface area contributed by atoms with Gasteiger partial charge in [-0.25, -0.2) is 9.59 Å². The first-order chi connectivity index (χ1) is 16.9. The van der Waals surface area contributed by atoms with Crippen molar-refractivity contribution >= 4 is 39.5 Å². The summed E-state index contributed by atoms with van der Waals surface area (Å²) in [6.07, 6.45) is 0.0483. The van der Waals surface area contributed by atoms with E-state index >= 15 is 0 Å². The van der Waals surface area contributed by atoms with Crippen molar-refractivity contribution in [2.75, 3.05) is 7.11 Å². The first-order valence-corrected chi connectivity index (χ1v) is 10.9. The predicted octanol–water partition coefficient (Wildman–Crippen LogP) is 5.38. The molecule has 0 aliphatic carbocycles. The van der Waals surface area contributed by atoms with Crippen LogP contribution in [0.3, 0.4) is 0 Å². The first-order valence-electron chi connectivity index (χ1n) is 10.5. The highest BCUT2D eigenvalue weighted by atomic mass is 35.5. The lowest BCUT2D eigenvalue weighted by Gasteiger charge is -2.09. The highest BCUT2D eigenvalue weighted by Gasteiger charge is 2.15. The fourth-order valence-electron chi connectivity index (χ4n) is 3.79. The lowest BCUT2D eigenvalue weighted by Crippen LogP contribution is -2.11. The average molecular weight is 489 g/mol. The number of fused-ring (bicyclic) bond motifs is 2. The van der Waals surface area contributed by atoms with Crippen LogP contribution < -0.4 is 20.7 Å². The van der Waals surface area contributed by atoms with E-state index in [-0.39, 0.29) is 23.3 Å². The van der Waals surface area contributed by atoms with E-state index in [0.717, 1.165) is 5.56 Å². The Morgan fingerprint density at radius 2 is 1.60 bits per heavy atom. The molecule has 0 saturated carbocycles. The normalized spacial score (nSPS) is 11.0. The highest BCUT2D eigenvalue weighted by molar-refractivity contribution is 6.31. The van der Waals surface area contributed by atoms with Gasteiger partial charge in [0, 0.05) is 33.5 Å². The summed E-state index contributed by atoms with van der Waals surface area (Å²) in [4.78, 5) is 37.4.